The number of hydrogen-bond acceptors (Lipinski definition) is 3. The molecule has 0 amide bonds. The lowest BCUT2D eigenvalue weighted by molar-refractivity contribution is -0.144. The van der Waals surface area contributed by atoms with Gasteiger partial charge in [-0.05, 0) is 6.42 Å². The second-order valence-corrected chi connectivity index (χ2v) is 2.36. The summed E-state index contributed by atoms with van der Waals surface area (Å²) < 4.78 is 9.80. The van der Waals surface area contributed by atoms with E-state index in [-0.39, 0.29) is 12.1 Å². The van der Waals surface area contributed by atoms with Gasteiger partial charge in [-0.15, -0.1) is 0 Å². The van der Waals surface area contributed by atoms with Gasteiger partial charge in [0.15, 0.2) is 6.10 Å². The van der Waals surface area contributed by atoms with E-state index in [0.717, 1.165) is 6.42 Å². The predicted molar refractivity (Wildman–Crippen MR) is 39.9 cm³/mol. The van der Waals surface area contributed by atoms with Crippen molar-refractivity contribution >= 4 is 5.97 Å². The molecule has 1 atom stereocenters. The molecule has 0 spiro atoms. The van der Waals surface area contributed by atoms with Gasteiger partial charge in [-0.1, -0.05) is 13.0 Å². The van der Waals surface area contributed by atoms with Crippen LogP contribution in [0.25, 0.3) is 0 Å². The van der Waals surface area contributed by atoms with Crippen molar-refractivity contribution in [2.75, 3.05) is 6.61 Å². The molecule has 1 fully saturated rings. The Bertz CT molecular complexity index is 163. The third kappa shape index (κ3) is 2.26. The Hall–Kier alpha value is -0.990. The number of carbonyl (C=O) groups is 1. The number of allylic oxidation sites excluding steroid dienone is 1. The quantitative estimate of drug-likeness (QED) is 0.455. The highest BCUT2D eigenvalue weighted by Gasteiger charge is 2.26. The second-order valence-electron chi connectivity index (χ2n) is 2.36. The molecule has 0 saturated carbocycles. The number of carbonyl (C=O) groups excluding carboxylic acids is 1. The first-order chi connectivity index (χ1) is 5.34. The molecule has 11 heavy (non-hydrogen) atoms. The van der Waals surface area contributed by atoms with Gasteiger partial charge in [0.2, 0.25) is 0 Å². The van der Waals surface area contributed by atoms with Crippen LogP contribution < -0.4 is 0 Å². The fraction of sp³-hybridized carbons (Fsp3) is 0.625. The molecular formula is C8H12O3. The van der Waals surface area contributed by atoms with Crippen molar-refractivity contribution in [2.45, 2.75) is 25.9 Å². The molecule has 1 saturated heterocycles. The van der Waals surface area contributed by atoms with E-state index in [0.29, 0.717) is 13.0 Å². The lowest BCUT2D eigenvalue weighted by Gasteiger charge is -2.02. The maximum Gasteiger partial charge on any atom is 0.347 e. The summed E-state index contributed by atoms with van der Waals surface area (Å²) in [5.41, 5.74) is 0. The summed E-state index contributed by atoms with van der Waals surface area (Å²) in [4.78, 5) is 10.8. The highest BCUT2D eigenvalue weighted by atomic mass is 16.6. The summed E-state index contributed by atoms with van der Waals surface area (Å²) in [6.45, 7) is 2.50. The molecule has 3 nitrogen and oxygen atoms in total. The monoisotopic (exact) mass is 156 g/mol. The van der Waals surface area contributed by atoms with Crippen molar-refractivity contribution < 1.29 is 14.3 Å². The van der Waals surface area contributed by atoms with E-state index in [1.54, 1.807) is 6.26 Å². The van der Waals surface area contributed by atoms with E-state index in [1.807, 2.05) is 13.0 Å². The normalized spacial score (nSPS) is 24.1. The van der Waals surface area contributed by atoms with Crippen LogP contribution in [-0.4, -0.2) is 18.7 Å². The molecular weight excluding hydrogens is 144 g/mol. The zero-order valence-corrected chi connectivity index (χ0v) is 6.58. The van der Waals surface area contributed by atoms with E-state index >= 15 is 0 Å². The summed E-state index contributed by atoms with van der Waals surface area (Å²) in [7, 11) is 0. The average molecular weight is 156 g/mol. The molecule has 1 heterocycles. The van der Waals surface area contributed by atoms with E-state index in [1.165, 1.54) is 0 Å². The molecule has 0 aromatic carbocycles. The van der Waals surface area contributed by atoms with Gasteiger partial charge in [0.05, 0.1) is 12.9 Å². The Balaban J connectivity index is 2.25. The number of hydrogen-bond donors (Lipinski definition) is 0. The zero-order valence-electron chi connectivity index (χ0n) is 6.58. The van der Waals surface area contributed by atoms with Crippen molar-refractivity contribution in [1.82, 2.24) is 0 Å². The molecule has 0 bridgehead atoms. The molecule has 0 N–H and O–H groups in total. The summed E-state index contributed by atoms with van der Waals surface area (Å²) in [6.07, 6.45) is 4.66. The van der Waals surface area contributed by atoms with E-state index in [9.17, 15) is 4.79 Å². The molecule has 1 rings (SSSR count). The first-order valence-corrected chi connectivity index (χ1v) is 3.81. The number of esters is 1. The molecule has 0 aliphatic carbocycles. The Kier molecular flexibility index (Phi) is 2.95. The Morgan fingerprint density at radius 2 is 2.64 bits per heavy atom. The van der Waals surface area contributed by atoms with Gasteiger partial charge < -0.3 is 9.47 Å². The van der Waals surface area contributed by atoms with Crippen molar-refractivity contribution in [3.05, 3.63) is 12.3 Å². The smallest absolute Gasteiger partial charge is 0.347 e. The van der Waals surface area contributed by atoms with Crippen molar-refractivity contribution in [2.24, 2.45) is 0 Å². The number of cyclic esters (lactones) is 1. The lowest BCUT2D eigenvalue weighted by Crippen LogP contribution is -2.15. The molecule has 62 valence electrons. The summed E-state index contributed by atoms with van der Waals surface area (Å²) >= 11 is 0. The third-order valence-corrected chi connectivity index (χ3v) is 1.46. The summed E-state index contributed by atoms with van der Waals surface area (Å²) in [5.74, 6) is -0.245. The fourth-order valence-electron chi connectivity index (χ4n) is 0.848. The van der Waals surface area contributed by atoms with Crippen molar-refractivity contribution in [3.63, 3.8) is 0 Å². The number of rotatable bonds is 3. The first kappa shape index (κ1) is 8.11. The van der Waals surface area contributed by atoms with Crippen molar-refractivity contribution in [1.29, 1.82) is 0 Å². The highest BCUT2D eigenvalue weighted by Crippen LogP contribution is 2.10. The minimum Gasteiger partial charge on any atom is -0.487 e. The van der Waals surface area contributed by atoms with Crippen LogP contribution in [0.4, 0.5) is 0 Å². The van der Waals surface area contributed by atoms with Crippen LogP contribution >= 0.6 is 0 Å². The summed E-state index contributed by atoms with van der Waals surface area (Å²) in [6, 6.07) is 0. The molecule has 3 heteroatoms. The molecule has 0 aromatic rings. The van der Waals surface area contributed by atoms with Crippen LogP contribution in [-0.2, 0) is 14.3 Å². The zero-order chi connectivity index (χ0) is 8.10. The standard InChI is InChI=1S/C8H12O3/c1-2-3-5-10-7-4-6-11-8(7)9/h3,5,7H,2,4,6H2,1H3. The molecule has 1 aliphatic rings. The fourth-order valence-corrected chi connectivity index (χ4v) is 0.848. The minimum absolute atomic E-state index is 0.245. The van der Waals surface area contributed by atoms with Gasteiger partial charge in [-0.25, -0.2) is 4.79 Å². The lowest BCUT2D eigenvalue weighted by atomic mass is 10.3. The van der Waals surface area contributed by atoms with E-state index < -0.39 is 0 Å². The predicted octanol–water partition coefficient (Wildman–Crippen LogP) is 1.24. The van der Waals surface area contributed by atoms with Crippen LogP contribution in [0.3, 0.4) is 0 Å². The van der Waals surface area contributed by atoms with Crippen LogP contribution in [0.2, 0.25) is 0 Å². The molecule has 1 unspecified atom stereocenters. The largest absolute Gasteiger partial charge is 0.487 e. The summed E-state index contributed by atoms with van der Waals surface area (Å²) in [5, 5.41) is 0. The average Bonchev–Trinajstić information content (AvgIpc) is 2.37. The Labute approximate surface area is 66.0 Å². The van der Waals surface area contributed by atoms with Gasteiger partial charge in [0, 0.05) is 6.42 Å². The minimum atomic E-state index is -0.363. The first-order valence-electron chi connectivity index (χ1n) is 3.81. The SMILES string of the molecule is CCC=COC1CCOC1=O. The Morgan fingerprint density at radius 1 is 1.82 bits per heavy atom. The van der Waals surface area contributed by atoms with Crippen LogP contribution in [0, 0.1) is 0 Å². The topological polar surface area (TPSA) is 35.5 Å². The Morgan fingerprint density at radius 3 is 3.18 bits per heavy atom. The number of ether oxygens (including phenoxy) is 2. The van der Waals surface area contributed by atoms with E-state index in [4.69, 9.17) is 9.47 Å². The van der Waals surface area contributed by atoms with Gasteiger partial charge in [0.1, 0.15) is 0 Å². The maximum absolute atomic E-state index is 10.8. The van der Waals surface area contributed by atoms with Crippen LogP contribution in [0.1, 0.15) is 19.8 Å². The molecule has 0 radical (unpaired) electrons. The molecule has 0 aromatic heterocycles. The van der Waals surface area contributed by atoms with Gasteiger partial charge in [-0.2, -0.15) is 0 Å². The van der Waals surface area contributed by atoms with E-state index in [2.05, 4.69) is 0 Å². The van der Waals surface area contributed by atoms with Gasteiger partial charge in [0.25, 0.3) is 0 Å². The second kappa shape index (κ2) is 4.01. The van der Waals surface area contributed by atoms with Crippen LogP contribution in [0.15, 0.2) is 12.3 Å². The van der Waals surface area contributed by atoms with Crippen molar-refractivity contribution in [3.8, 4) is 0 Å². The van der Waals surface area contributed by atoms with Crippen LogP contribution in [0.5, 0.6) is 0 Å². The third-order valence-electron chi connectivity index (χ3n) is 1.46. The van der Waals surface area contributed by atoms with Gasteiger partial charge in [-0.3, -0.25) is 0 Å². The maximum atomic E-state index is 10.8. The molecule has 1 aliphatic heterocycles. The highest BCUT2D eigenvalue weighted by molar-refractivity contribution is 5.76. The van der Waals surface area contributed by atoms with Gasteiger partial charge >= 0.3 is 5.97 Å².